The van der Waals surface area contributed by atoms with E-state index in [1.807, 2.05) is 31.2 Å². The molecule has 28 heavy (non-hydrogen) atoms. The molecule has 0 radical (unpaired) electrons. The van der Waals surface area contributed by atoms with Crippen molar-refractivity contribution in [1.29, 1.82) is 0 Å². The number of hydrogen-bond donors (Lipinski definition) is 1. The fourth-order valence-corrected chi connectivity index (χ4v) is 4.21. The number of likely N-dealkylation sites (N-methyl/N-ethyl adjacent to an activating group) is 1. The van der Waals surface area contributed by atoms with Gasteiger partial charge in [0.1, 0.15) is 0 Å². The average molecular weight is 398 g/mol. The smallest absolute Gasteiger partial charge is 0.263 e. The predicted octanol–water partition coefficient (Wildman–Crippen LogP) is 2.49. The van der Waals surface area contributed by atoms with E-state index in [0.29, 0.717) is 11.3 Å². The lowest BCUT2D eigenvalue weighted by Crippen LogP contribution is -2.45. The number of nitrogens with one attached hydrogen (secondary N) is 1. The summed E-state index contributed by atoms with van der Waals surface area (Å²) < 4.78 is 28.5. The SMILES string of the molecule is Cc1ccc(S(=O)(=O)Nc2nc3ccccc3nc2N2CCN(C)CC2)cc1. The summed E-state index contributed by atoms with van der Waals surface area (Å²) >= 11 is 0. The zero-order valence-electron chi connectivity index (χ0n) is 16.0. The second-order valence-electron chi connectivity index (χ2n) is 7.09. The van der Waals surface area contributed by atoms with Crippen molar-refractivity contribution in [3.63, 3.8) is 0 Å². The molecule has 0 aliphatic carbocycles. The minimum atomic E-state index is -3.76. The number of benzene rings is 2. The number of para-hydroxylation sites is 2. The third-order valence-electron chi connectivity index (χ3n) is 4.92. The van der Waals surface area contributed by atoms with Gasteiger partial charge in [-0.1, -0.05) is 29.8 Å². The maximum atomic E-state index is 12.9. The summed E-state index contributed by atoms with van der Waals surface area (Å²) in [6.07, 6.45) is 0. The van der Waals surface area contributed by atoms with Gasteiger partial charge in [0, 0.05) is 26.2 Å². The fourth-order valence-electron chi connectivity index (χ4n) is 3.20. The maximum absolute atomic E-state index is 12.9. The highest BCUT2D eigenvalue weighted by Gasteiger charge is 2.24. The van der Waals surface area contributed by atoms with Gasteiger partial charge in [-0.3, -0.25) is 4.72 Å². The van der Waals surface area contributed by atoms with Crippen molar-refractivity contribution in [2.75, 3.05) is 42.8 Å². The molecule has 146 valence electrons. The van der Waals surface area contributed by atoms with Crippen LogP contribution in [0.3, 0.4) is 0 Å². The monoisotopic (exact) mass is 397 g/mol. The van der Waals surface area contributed by atoms with Gasteiger partial charge in [-0.05, 0) is 38.2 Å². The first-order valence-corrected chi connectivity index (χ1v) is 10.7. The minimum absolute atomic E-state index is 0.206. The zero-order chi connectivity index (χ0) is 19.7. The number of piperazine rings is 1. The molecule has 0 unspecified atom stereocenters. The van der Waals surface area contributed by atoms with E-state index in [2.05, 4.69) is 26.6 Å². The van der Waals surface area contributed by atoms with Crippen LogP contribution in [-0.2, 0) is 10.0 Å². The molecule has 0 amide bonds. The van der Waals surface area contributed by atoms with E-state index < -0.39 is 10.0 Å². The van der Waals surface area contributed by atoms with Crippen LogP contribution in [0.25, 0.3) is 11.0 Å². The Kier molecular flexibility index (Phi) is 4.91. The van der Waals surface area contributed by atoms with Crippen LogP contribution >= 0.6 is 0 Å². The molecule has 1 aromatic heterocycles. The Balaban J connectivity index is 1.76. The van der Waals surface area contributed by atoms with Crippen molar-refractivity contribution in [3.05, 3.63) is 54.1 Å². The third kappa shape index (κ3) is 3.79. The highest BCUT2D eigenvalue weighted by molar-refractivity contribution is 7.92. The van der Waals surface area contributed by atoms with Crippen LogP contribution in [0.1, 0.15) is 5.56 Å². The molecule has 1 N–H and O–H groups in total. The standard InChI is InChI=1S/C20H23N5O2S/c1-15-7-9-16(10-8-15)28(26,27)23-19-20(25-13-11-24(2)12-14-25)22-18-6-4-3-5-17(18)21-19/h3-10H,11-14H2,1-2H3,(H,21,23). The molecule has 1 aliphatic rings. The second kappa shape index (κ2) is 7.37. The van der Waals surface area contributed by atoms with Gasteiger partial charge in [-0.25, -0.2) is 18.4 Å². The molecule has 8 heteroatoms. The fraction of sp³-hybridized carbons (Fsp3) is 0.300. The normalized spacial score (nSPS) is 15.7. The summed E-state index contributed by atoms with van der Waals surface area (Å²) in [5.74, 6) is 0.839. The van der Waals surface area contributed by atoms with Gasteiger partial charge < -0.3 is 9.80 Å². The van der Waals surface area contributed by atoms with Gasteiger partial charge in [-0.2, -0.15) is 0 Å². The molecule has 1 fully saturated rings. The molecule has 2 heterocycles. The Morgan fingerprint density at radius 3 is 2.14 bits per heavy atom. The first-order valence-electron chi connectivity index (χ1n) is 9.22. The number of hydrogen-bond acceptors (Lipinski definition) is 6. The maximum Gasteiger partial charge on any atom is 0.263 e. The molecule has 2 aromatic carbocycles. The Morgan fingerprint density at radius 2 is 1.50 bits per heavy atom. The highest BCUT2D eigenvalue weighted by Crippen LogP contribution is 2.28. The van der Waals surface area contributed by atoms with Crippen molar-refractivity contribution < 1.29 is 8.42 Å². The number of nitrogens with zero attached hydrogens (tertiary/aromatic N) is 4. The molecule has 1 aliphatic heterocycles. The average Bonchev–Trinajstić information content (AvgIpc) is 2.68. The van der Waals surface area contributed by atoms with Crippen LogP contribution < -0.4 is 9.62 Å². The van der Waals surface area contributed by atoms with Crippen molar-refractivity contribution >= 4 is 32.7 Å². The van der Waals surface area contributed by atoms with Crippen molar-refractivity contribution in [2.45, 2.75) is 11.8 Å². The van der Waals surface area contributed by atoms with Gasteiger partial charge in [0.15, 0.2) is 11.6 Å². The van der Waals surface area contributed by atoms with Crippen molar-refractivity contribution in [1.82, 2.24) is 14.9 Å². The molecule has 0 bridgehead atoms. The van der Waals surface area contributed by atoms with Gasteiger partial charge in [-0.15, -0.1) is 0 Å². The quantitative estimate of drug-likeness (QED) is 0.729. The van der Waals surface area contributed by atoms with Crippen LogP contribution in [0.2, 0.25) is 0 Å². The van der Waals surface area contributed by atoms with E-state index in [1.54, 1.807) is 24.3 Å². The number of rotatable bonds is 4. The summed E-state index contributed by atoms with van der Waals surface area (Å²) in [7, 11) is -1.69. The Bertz CT molecular complexity index is 1090. The second-order valence-corrected chi connectivity index (χ2v) is 8.78. The van der Waals surface area contributed by atoms with Crippen LogP contribution in [0.4, 0.5) is 11.6 Å². The Morgan fingerprint density at radius 1 is 0.893 bits per heavy atom. The number of aromatic nitrogens is 2. The lowest BCUT2D eigenvalue weighted by molar-refractivity contribution is 0.312. The number of aryl methyl sites for hydroxylation is 1. The topological polar surface area (TPSA) is 78.4 Å². The van der Waals surface area contributed by atoms with Gasteiger partial charge in [0.05, 0.1) is 15.9 Å². The molecule has 4 rings (SSSR count). The third-order valence-corrected chi connectivity index (χ3v) is 6.27. The first kappa shape index (κ1) is 18.6. The van der Waals surface area contributed by atoms with E-state index in [0.717, 1.165) is 37.3 Å². The predicted molar refractivity (Wildman–Crippen MR) is 111 cm³/mol. The van der Waals surface area contributed by atoms with Gasteiger partial charge >= 0.3 is 0 Å². The lowest BCUT2D eigenvalue weighted by Gasteiger charge is -2.34. The van der Waals surface area contributed by atoms with Gasteiger partial charge in [0.2, 0.25) is 0 Å². The summed E-state index contributed by atoms with van der Waals surface area (Å²) in [6, 6.07) is 14.2. The molecular formula is C20H23N5O2S. The first-order chi connectivity index (χ1) is 13.4. The summed E-state index contributed by atoms with van der Waals surface area (Å²) in [5.41, 5.74) is 2.40. The van der Waals surface area contributed by atoms with E-state index in [1.165, 1.54) is 0 Å². The lowest BCUT2D eigenvalue weighted by atomic mass is 10.2. The number of fused-ring (bicyclic) bond motifs is 1. The minimum Gasteiger partial charge on any atom is -0.351 e. The van der Waals surface area contributed by atoms with Crippen LogP contribution in [0.15, 0.2) is 53.4 Å². The van der Waals surface area contributed by atoms with E-state index in [4.69, 9.17) is 4.98 Å². The Hall–Kier alpha value is -2.71. The zero-order valence-corrected chi connectivity index (χ0v) is 16.8. The molecule has 1 saturated heterocycles. The van der Waals surface area contributed by atoms with E-state index >= 15 is 0 Å². The Labute approximate surface area is 165 Å². The number of anilines is 2. The summed E-state index contributed by atoms with van der Waals surface area (Å²) in [4.78, 5) is 13.9. The molecule has 0 atom stereocenters. The van der Waals surface area contributed by atoms with Crippen LogP contribution in [-0.4, -0.2) is 56.5 Å². The molecule has 0 saturated carbocycles. The molecule has 3 aromatic rings. The van der Waals surface area contributed by atoms with Crippen LogP contribution in [0, 0.1) is 6.92 Å². The van der Waals surface area contributed by atoms with Crippen molar-refractivity contribution in [2.24, 2.45) is 0 Å². The number of sulfonamides is 1. The summed E-state index contributed by atoms with van der Waals surface area (Å²) in [5, 5.41) is 0. The largest absolute Gasteiger partial charge is 0.351 e. The van der Waals surface area contributed by atoms with E-state index in [-0.39, 0.29) is 10.7 Å². The van der Waals surface area contributed by atoms with Crippen molar-refractivity contribution in [3.8, 4) is 0 Å². The highest BCUT2D eigenvalue weighted by atomic mass is 32.2. The van der Waals surface area contributed by atoms with Crippen LogP contribution in [0.5, 0.6) is 0 Å². The van der Waals surface area contributed by atoms with Gasteiger partial charge in [0.25, 0.3) is 10.0 Å². The van der Waals surface area contributed by atoms with E-state index in [9.17, 15) is 8.42 Å². The summed E-state index contributed by atoms with van der Waals surface area (Å²) in [6.45, 7) is 5.23. The molecular weight excluding hydrogens is 374 g/mol. The molecule has 7 nitrogen and oxygen atoms in total. The molecule has 0 spiro atoms.